The van der Waals surface area contributed by atoms with Crippen LogP contribution in [0.15, 0.2) is 72.2 Å². The zero-order valence-electron chi connectivity index (χ0n) is 15.9. The second kappa shape index (κ2) is 7.84. The molecule has 1 heterocycles. The largest absolute Gasteiger partial charge is 0.356 e. The molecule has 0 atom stereocenters. The summed E-state index contributed by atoms with van der Waals surface area (Å²) in [5.41, 5.74) is 3.30. The highest BCUT2D eigenvalue weighted by Gasteiger charge is 2.44. The summed E-state index contributed by atoms with van der Waals surface area (Å²) in [7, 11) is 1.76. The first-order valence-corrected chi connectivity index (χ1v) is 9.47. The molecular weight excluding hydrogens is 353 g/mol. The van der Waals surface area contributed by atoms with Crippen LogP contribution in [-0.2, 0) is 12.0 Å². The smallest absolute Gasteiger partial charge is 0.191 e. The third-order valence-corrected chi connectivity index (χ3v) is 5.33. The minimum atomic E-state index is -0.178. The molecule has 0 radical (unpaired) electrons. The summed E-state index contributed by atoms with van der Waals surface area (Å²) in [6, 6.07) is 15.1. The van der Waals surface area contributed by atoms with Gasteiger partial charge >= 0.3 is 0 Å². The Hall–Kier alpha value is -3.15. The predicted octanol–water partition coefficient (Wildman–Crippen LogP) is 3.41. The maximum Gasteiger partial charge on any atom is 0.191 e. The van der Waals surface area contributed by atoms with Crippen molar-refractivity contribution in [3.63, 3.8) is 0 Å². The number of halogens is 1. The van der Waals surface area contributed by atoms with Crippen molar-refractivity contribution in [2.75, 3.05) is 13.6 Å². The molecule has 0 saturated heterocycles. The Bertz CT molecular complexity index is 961. The molecule has 5 nitrogen and oxygen atoms in total. The summed E-state index contributed by atoms with van der Waals surface area (Å²) < 4.78 is 15.6. The number of nitrogens with zero attached hydrogens (tertiary/aromatic N) is 3. The van der Waals surface area contributed by atoms with E-state index in [9.17, 15) is 4.39 Å². The molecule has 2 aromatic carbocycles. The minimum Gasteiger partial charge on any atom is -0.356 e. The number of benzene rings is 2. The van der Waals surface area contributed by atoms with Crippen LogP contribution < -0.4 is 10.6 Å². The van der Waals surface area contributed by atoms with E-state index in [0.717, 1.165) is 42.2 Å². The number of guanidine groups is 1. The number of aromatic nitrogens is 2. The molecule has 1 aliphatic rings. The van der Waals surface area contributed by atoms with Crippen molar-refractivity contribution in [2.24, 2.45) is 4.99 Å². The topological polar surface area (TPSA) is 54.2 Å². The van der Waals surface area contributed by atoms with Crippen LogP contribution in [0.1, 0.15) is 24.0 Å². The monoisotopic (exact) mass is 377 g/mol. The van der Waals surface area contributed by atoms with E-state index < -0.39 is 0 Å². The van der Waals surface area contributed by atoms with Gasteiger partial charge in [0, 0.05) is 37.9 Å². The molecule has 4 rings (SSSR count). The number of imidazole rings is 1. The average molecular weight is 377 g/mol. The van der Waals surface area contributed by atoms with Crippen LogP contribution in [0, 0.1) is 5.82 Å². The van der Waals surface area contributed by atoms with Gasteiger partial charge in [0.15, 0.2) is 5.96 Å². The molecule has 2 N–H and O–H groups in total. The van der Waals surface area contributed by atoms with Gasteiger partial charge in [0.05, 0.1) is 12.0 Å². The van der Waals surface area contributed by atoms with Gasteiger partial charge in [-0.05, 0) is 42.2 Å². The van der Waals surface area contributed by atoms with Gasteiger partial charge in [0.2, 0.25) is 0 Å². The highest BCUT2D eigenvalue weighted by molar-refractivity contribution is 5.80. The predicted molar refractivity (Wildman–Crippen MR) is 109 cm³/mol. The third-order valence-electron chi connectivity index (χ3n) is 5.33. The lowest BCUT2D eigenvalue weighted by atomic mass is 9.96. The number of rotatable bonds is 6. The number of aliphatic imine (C=N–C) groups is 1. The maximum atomic E-state index is 13.6. The van der Waals surface area contributed by atoms with E-state index in [-0.39, 0.29) is 11.2 Å². The Morgan fingerprint density at radius 3 is 2.75 bits per heavy atom. The molecule has 28 heavy (non-hydrogen) atoms. The van der Waals surface area contributed by atoms with Crippen molar-refractivity contribution in [3.8, 4) is 5.69 Å². The van der Waals surface area contributed by atoms with Crippen LogP contribution in [0.25, 0.3) is 5.69 Å². The van der Waals surface area contributed by atoms with E-state index >= 15 is 0 Å². The molecule has 0 unspecified atom stereocenters. The molecule has 6 heteroatoms. The first kappa shape index (κ1) is 18.2. The van der Waals surface area contributed by atoms with Crippen molar-refractivity contribution >= 4 is 5.96 Å². The second-order valence-corrected chi connectivity index (χ2v) is 7.17. The lowest BCUT2D eigenvalue weighted by molar-refractivity contribution is 0.607. The Balaban J connectivity index is 1.39. The summed E-state index contributed by atoms with van der Waals surface area (Å²) in [5.74, 6) is 0.561. The number of hydrogen-bond acceptors (Lipinski definition) is 2. The van der Waals surface area contributed by atoms with Crippen molar-refractivity contribution in [3.05, 3.63) is 84.2 Å². The first-order chi connectivity index (χ1) is 13.7. The highest BCUT2D eigenvalue weighted by Crippen LogP contribution is 2.47. The van der Waals surface area contributed by atoms with Crippen LogP contribution in [0.3, 0.4) is 0 Å². The molecule has 0 aliphatic heterocycles. The molecule has 0 spiro atoms. The fraction of sp³-hybridized carbons (Fsp3) is 0.273. The lowest BCUT2D eigenvalue weighted by Crippen LogP contribution is -2.41. The minimum absolute atomic E-state index is 0.00837. The van der Waals surface area contributed by atoms with Gasteiger partial charge in [0.25, 0.3) is 0 Å². The van der Waals surface area contributed by atoms with Gasteiger partial charge in [-0.3, -0.25) is 4.99 Å². The summed E-state index contributed by atoms with van der Waals surface area (Å²) in [4.78, 5) is 8.47. The third kappa shape index (κ3) is 3.91. The molecule has 1 fully saturated rings. The molecule has 0 bridgehead atoms. The van der Waals surface area contributed by atoms with Gasteiger partial charge in [-0.15, -0.1) is 0 Å². The number of nitrogens with one attached hydrogen (secondary N) is 2. The maximum absolute atomic E-state index is 13.6. The van der Waals surface area contributed by atoms with Crippen molar-refractivity contribution in [1.29, 1.82) is 0 Å². The Kier molecular flexibility index (Phi) is 5.10. The summed E-state index contributed by atoms with van der Waals surface area (Å²) in [5, 5.41) is 6.79. The van der Waals surface area contributed by atoms with E-state index in [1.54, 1.807) is 31.7 Å². The Morgan fingerprint density at radius 2 is 2.04 bits per heavy atom. The van der Waals surface area contributed by atoms with Crippen molar-refractivity contribution in [2.45, 2.75) is 24.8 Å². The van der Waals surface area contributed by atoms with E-state index in [0.29, 0.717) is 6.54 Å². The molecule has 0 amide bonds. The Morgan fingerprint density at radius 1 is 1.18 bits per heavy atom. The normalized spacial score (nSPS) is 15.3. The average Bonchev–Trinajstić information content (AvgIpc) is 3.32. The summed E-state index contributed by atoms with van der Waals surface area (Å²) >= 11 is 0. The van der Waals surface area contributed by atoms with Crippen molar-refractivity contribution in [1.82, 2.24) is 20.2 Å². The first-order valence-electron chi connectivity index (χ1n) is 9.47. The summed E-state index contributed by atoms with van der Waals surface area (Å²) in [6.45, 7) is 1.38. The van der Waals surface area contributed by atoms with Crippen LogP contribution in [-0.4, -0.2) is 29.1 Å². The van der Waals surface area contributed by atoms with E-state index in [1.165, 1.54) is 6.07 Å². The fourth-order valence-electron chi connectivity index (χ4n) is 3.50. The quantitative estimate of drug-likeness (QED) is 0.511. The Labute approximate surface area is 164 Å². The standard InChI is InChI=1S/C22H24FN5/c1-24-21(27-15-22(9-10-22)18-6-4-7-19(23)13-18)26-14-17-5-2-3-8-20(17)28-12-11-25-16-28/h2-8,11-13,16H,9-10,14-15H2,1H3,(H2,24,26,27). The zero-order chi connectivity index (χ0) is 19.4. The van der Waals surface area contributed by atoms with E-state index in [4.69, 9.17) is 0 Å². The molecule has 144 valence electrons. The fourth-order valence-corrected chi connectivity index (χ4v) is 3.50. The van der Waals surface area contributed by atoms with Gasteiger partial charge in [0.1, 0.15) is 5.82 Å². The van der Waals surface area contributed by atoms with Crippen LogP contribution in [0.4, 0.5) is 4.39 Å². The zero-order valence-corrected chi connectivity index (χ0v) is 15.9. The highest BCUT2D eigenvalue weighted by atomic mass is 19.1. The summed E-state index contributed by atoms with van der Waals surface area (Å²) in [6.07, 6.45) is 7.61. The molecule has 1 aromatic heterocycles. The lowest BCUT2D eigenvalue weighted by Gasteiger charge is -2.19. The molecular formula is C22H24FN5. The molecule has 3 aromatic rings. The van der Waals surface area contributed by atoms with E-state index in [2.05, 4.69) is 32.7 Å². The van der Waals surface area contributed by atoms with Crippen LogP contribution in [0.2, 0.25) is 0 Å². The SMILES string of the molecule is CN=C(NCc1ccccc1-n1ccnc1)NCC1(c2cccc(F)c2)CC1. The second-order valence-electron chi connectivity index (χ2n) is 7.17. The van der Waals surface area contributed by atoms with Gasteiger partial charge in [-0.2, -0.15) is 0 Å². The molecule has 1 saturated carbocycles. The van der Waals surface area contributed by atoms with Gasteiger partial charge in [-0.1, -0.05) is 30.3 Å². The van der Waals surface area contributed by atoms with E-state index in [1.807, 2.05) is 29.0 Å². The number of para-hydroxylation sites is 1. The number of hydrogen-bond donors (Lipinski definition) is 2. The van der Waals surface area contributed by atoms with Crippen LogP contribution in [0.5, 0.6) is 0 Å². The van der Waals surface area contributed by atoms with Crippen LogP contribution >= 0.6 is 0 Å². The molecule has 1 aliphatic carbocycles. The van der Waals surface area contributed by atoms with Gasteiger partial charge in [-0.25, -0.2) is 9.37 Å². The van der Waals surface area contributed by atoms with Gasteiger partial charge < -0.3 is 15.2 Å². The van der Waals surface area contributed by atoms with Crippen molar-refractivity contribution < 1.29 is 4.39 Å².